The average molecular weight is 251 g/mol. The van der Waals surface area contributed by atoms with Gasteiger partial charge in [-0.3, -0.25) is 4.68 Å². The van der Waals surface area contributed by atoms with Gasteiger partial charge in [-0.1, -0.05) is 30.3 Å². The van der Waals surface area contributed by atoms with Crippen molar-refractivity contribution in [1.29, 1.82) is 0 Å². The van der Waals surface area contributed by atoms with Crippen LogP contribution in [0.5, 0.6) is 0 Å². The van der Waals surface area contributed by atoms with Crippen molar-refractivity contribution < 1.29 is 0 Å². The molecule has 94 valence electrons. The number of hydrogen-bond donors (Lipinski definition) is 1. The highest BCUT2D eigenvalue weighted by Gasteiger charge is 2.09. The Morgan fingerprint density at radius 2 is 1.84 bits per heavy atom. The van der Waals surface area contributed by atoms with Crippen LogP contribution in [0.1, 0.15) is 0 Å². The third-order valence-electron chi connectivity index (χ3n) is 2.86. The van der Waals surface area contributed by atoms with E-state index in [9.17, 15) is 0 Å². The molecule has 2 aromatic heterocycles. The molecular weight excluding hydrogens is 238 g/mol. The summed E-state index contributed by atoms with van der Waals surface area (Å²) in [6, 6.07) is 13.4. The Morgan fingerprint density at radius 1 is 1.05 bits per heavy atom. The van der Waals surface area contributed by atoms with Gasteiger partial charge in [0.25, 0.3) is 0 Å². The zero-order chi connectivity index (χ0) is 13.2. The first kappa shape index (κ1) is 11.4. The smallest absolute Gasteiger partial charge is 0.162 e. The molecule has 2 heterocycles. The zero-order valence-corrected chi connectivity index (χ0v) is 10.5. The maximum atomic E-state index is 5.87. The minimum atomic E-state index is 0.449. The van der Waals surface area contributed by atoms with E-state index in [0.29, 0.717) is 11.6 Å². The van der Waals surface area contributed by atoms with Gasteiger partial charge in [-0.25, -0.2) is 9.97 Å². The summed E-state index contributed by atoms with van der Waals surface area (Å²) in [5.41, 5.74) is 8.49. The van der Waals surface area contributed by atoms with E-state index < -0.39 is 0 Å². The fourth-order valence-electron chi connectivity index (χ4n) is 1.94. The van der Waals surface area contributed by atoms with Crippen molar-refractivity contribution in [2.75, 3.05) is 5.73 Å². The second-order valence-corrected chi connectivity index (χ2v) is 4.21. The van der Waals surface area contributed by atoms with E-state index in [2.05, 4.69) is 15.1 Å². The molecule has 0 saturated carbocycles. The maximum absolute atomic E-state index is 5.87. The van der Waals surface area contributed by atoms with Crippen LogP contribution in [-0.2, 0) is 7.05 Å². The summed E-state index contributed by atoms with van der Waals surface area (Å²) >= 11 is 0. The van der Waals surface area contributed by atoms with E-state index in [1.54, 1.807) is 16.9 Å². The Labute approximate surface area is 110 Å². The van der Waals surface area contributed by atoms with Crippen molar-refractivity contribution in [2.45, 2.75) is 0 Å². The lowest BCUT2D eigenvalue weighted by molar-refractivity contribution is 0.773. The quantitative estimate of drug-likeness (QED) is 0.757. The molecule has 0 fully saturated rings. The lowest BCUT2D eigenvalue weighted by Gasteiger charge is -2.06. The summed E-state index contributed by atoms with van der Waals surface area (Å²) in [5, 5.41) is 4.14. The molecule has 2 N–H and O–H groups in total. The molecule has 0 spiro atoms. The topological polar surface area (TPSA) is 69.6 Å². The van der Waals surface area contributed by atoms with Gasteiger partial charge in [0.1, 0.15) is 5.82 Å². The van der Waals surface area contributed by atoms with Crippen LogP contribution >= 0.6 is 0 Å². The molecule has 0 atom stereocenters. The number of anilines is 1. The minimum absolute atomic E-state index is 0.449. The van der Waals surface area contributed by atoms with Crippen LogP contribution in [0, 0.1) is 0 Å². The molecule has 0 aliphatic rings. The van der Waals surface area contributed by atoms with Gasteiger partial charge in [-0.05, 0) is 6.07 Å². The fourth-order valence-corrected chi connectivity index (χ4v) is 1.94. The number of rotatable bonds is 2. The average Bonchev–Trinajstić information content (AvgIpc) is 2.85. The van der Waals surface area contributed by atoms with Crippen molar-refractivity contribution in [1.82, 2.24) is 19.7 Å². The number of hydrogen-bond acceptors (Lipinski definition) is 4. The summed E-state index contributed by atoms with van der Waals surface area (Å²) in [6.07, 6.45) is 1.73. The first-order chi connectivity index (χ1) is 9.24. The third-order valence-corrected chi connectivity index (χ3v) is 2.86. The first-order valence-corrected chi connectivity index (χ1v) is 5.92. The lowest BCUT2D eigenvalue weighted by atomic mass is 10.2. The molecule has 0 radical (unpaired) electrons. The highest BCUT2D eigenvalue weighted by molar-refractivity contribution is 5.64. The van der Waals surface area contributed by atoms with E-state index in [1.165, 1.54) is 0 Å². The van der Waals surface area contributed by atoms with Crippen LogP contribution < -0.4 is 5.73 Å². The monoisotopic (exact) mass is 251 g/mol. The summed E-state index contributed by atoms with van der Waals surface area (Å²) in [4.78, 5) is 8.84. The maximum Gasteiger partial charge on any atom is 0.162 e. The minimum Gasteiger partial charge on any atom is -0.384 e. The second-order valence-electron chi connectivity index (χ2n) is 4.21. The predicted octanol–water partition coefficient (Wildman–Crippen LogP) is 2.13. The standard InChI is InChI=1S/C14H13N5/c1-19-12(7-8-16-19)11-9-13(15)18-14(17-11)10-5-3-2-4-6-10/h2-9H,1H3,(H2,15,17,18). The number of benzene rings is 1. The van der Waals surface area contributed by atoms with Crippen LogP contribution in [0.3, 0.4) is 0 Å². The number of nitrogens with zero attached hydrogens (tertiary/aromatic N) is 4. The fraction of sp³-hybridized carbons (Fsp3) is 0.0714. The van der Waals surface area contributed by atoms with Crippen molar-refractivity contribution in [2.24, 2.45) is 7.05 Å². The van der Waals surface area contributed by atoms with Crippen molar-refractivity contribution in [3.8, 4) is 22.8 Å². The van der Waals surface area contributed by atoms with Crippen molar-refractivity contribution >= 4 is 5.82 Å². The Bertz CT molecular complexity index is 703. The number of aryl methyl sites for hydroxylation is 1. The molecule has 19 heavy (non-hydrogen) atoms. The van der Waals surface area contributed by atoms with Crippen molar-refractivity contribution in [3.63, 3.8) is 0 Å². The van der Waals surface area contributed by atoms with Gasteiger partial charge in [0.15, 0.2) is 5.82 Å². The van der Waals surface area contributed by atoms with Crippen LogP contribution in [-0.4, -0.2) is 19.7 Å². The summed E-state index contributed by atoms with van der Waals surface area (Å²) in [6.45, 7) is 0. The third kappa shape index (κ3) is 2.18. The van der Waals surface area contributed by atoms with Gasteiger partial charge in [-0.2, -0.15) is 5.10 Å². The number of aromatic nitrogens is 4. The summed E-state index contributed by atoms with van der Waals surface area (Å²) < 4.78 is 1.76. The second kappa shape index (κ2) is 4.53. The normalized spacial score (nSPS) is 10.6. The van der Waals surface area contributed by atoms with Crippen LogP contribution in [0.15, 0.2) is 48.7 Å². The Morgan fingerprint density at radius 3 is 2.53 bits per heavy atom. The zero-order valence-electron chi connectivity index (χ0n) is 10.5. The number of nitrogens with two attached hydrogens (primary N) is 1. The molecule has 5 nitrogen and oxygen atoms in total. The number of nitrogen functional groups attached to an aromatic ring is 1. The van der Waals surface area contributed by atoms with Gasteiger partial charge in [0.2, 0.25) is 0 Å². The Kier molecular flexibility index (Phi) is 2.72. The van der Waals surface area contributed by atoms with Crippen LogP contribution in [0.4, 0.5) is 5.82 Å². The molecule has 5 heteroatoms. The van der Waals surface area contributed by atoms with Gasteiger partial charge in [-0.15, -0.1) is 0 Å². The van der Waals surface area contributed by atoms with Gasteiger partial charge >= 0.3 is 0 Å². The molecule has 0 bridgehead atoms. The highest BCUT2D eigenvalue weighted by Crippen LogP contribution is 2.22. The van der Waals surface area contributed by atoms with E-state index in [4.69, 9.17) is 5.73 Å². The molecule has 0 amide bonds. The van der Waals surface area contributed by atoms with Gasteiger partial charge in [0.05, 0.1) is 11.4 Å². The molecule has 0 aliphatic carbocycles. The summed E-state index contributed by atoms with van der Waals surface area (Å²) in [7, 11) is 1.87. The van der Waals surface area contributed by atoms with Crippen LogP contribution in [0.25, 0.3) is 22.8 Å². The molecular formula is C14H13N5. The molecule has 1 aromatic carbocycles. The largest absolute Gasteiger partial charge is 0.384 e. The van der Waals surface area contributed by atoms with E-state index >= 15 is 0 Å². The first-order valence-electron chi connectivity index (χ1n) is 5.92. The van der Waals surface area contributed by atoms with Crippen LogP contribution in [0.2, 0.25) is 0 Å². The highest BCUT2D eigenvalue weighted by atomic mass is 15.3. The molecule has 0 aliphatic heterocycles. The van der Waals surface area contributed by atoms with E-state index in [-0.39, 0.29) is 0 Å². The Balaban J connectivity index is 2.14. The lowest BCUT2D eigenvalue weighted by Crippen LogP contribution is -2.01. The molecule has 3 aromatic rings. The molecule has 0 unspecified atom stereocenters. The van der Waals surface area contributed by atoms with Gasteiger partial charge < -0.3 is 5.73 Å². The van der Waals surface area contributed by atoms with Crippen molar-refractivity contribution in [3.05, 3.63) is 48.7 Å². The SMILES string of the molecule is Cn1nccc1-c1cc(N)nc(-c2ccccc2)n1. The van der Waals surface area contributed by atoms with E-state index in [1.807, 2.05) is 43.4 Å². The summed E-state index contributed by atoms with van der Waals surface area (Å²) in [5.74, 6) is 1.07. The Hall–Kier alpha value is -2.69. The van der Waals surface area contributed by atoms with Gasteiger partial charge in [0, 0.05) is 24.9 Å². The van der Waals surface area contributed by atoms with E-state index in [0.717, 1.165) is 17.0 Å². The predicted molar refractivity (Wildman–Crippen MR) is 74.1 cm³/mol. The molecule has 0 saturated heterocycles. The molecule has 3 rings (SSSR count).